The normalized spacial score (nSPS) is 10.6. The van der Waals surface area contributed by atoms with Gasteiger partial charge in [-0.2, -0.15) is 4.37 Å². The maximum Gasteiger partial charge on any atom is 0.170 e. The molecule has 0 saturated carbocycles. The van der Waals surface area contributed by atoms with Gasteiger partial charge in [0, 0.05) is 25.2 Å². The Balaban J connectivity index is 2.03. The molecule has 0 aliphatic rings. The number of nitrogens with zero attached hydrogens (tertiary/aromatic N) is 4. The molecule has 0 bridgehead atoms. The number of anilines is 1. The molecule has 0 atom stereocenters. The quantitative estimate of drug-likeness (QED) is 0.850. The minimum absolute atomic E-state index is 0.717. The smallest absolute Gasteiger partial charge is 0.170 e. The van der Waals surface area contributed by atoms with Crippen molar-refractivity contribution in [2.24, 2.45) is 0 Å². The zero-order valence-corrected chi connectivity index (χ0v) is 12.2. The average Bonchev–Trinajstić information content (AvgIpc) is 2.83. The van der Waals surface area contributed by atoms with Gasteiger partial charge in [-0.15, -0.1) is 0 Å². The molecule has 7 heteroatoms. The molecule has 0 amide bonds. The Kier molecular flexibility index (Phi) is 4.48. The van der Waals surface area contributed by atoms with Crippen molar-refractivity contribution >= 4 is 29.1 Å². The molecule has 5 nitrogen and oxygen atoms in total. The molecule has 0 radical (unpaired) electrons. The molecule has 0 fully saturated rings. The maximum atomic E-state index is 4.41. The van der Waals surface area contributed by atoms with Crippen molar-refractivity contribution in [1.82, 2.24) is 19.3 Å². The number of rotatable bonds is 5. The van der Waals surface area contributed by atoms with E-state index in [0.717, 1.165) is 33.9 Å². The lowest BCUT2D eigenvalue weighted by Crippen LogP contribution is -2.00. The fourth-order valence-corrected chi connectivity index (χ4v) is 2.94. The predicted octanol–water partition coefficient (Wildman–Crippen LogP) is 2.53. The SMILES string of the molecule is CCc1nsc(SCc2nc(C)cc(NC)n2)n1. The van der Waals surface area contributed by atoms with Crippen LogP contribution in [0.3, 0.4) is 0 Å². The van der Waals surface area contributed by atoms with Crippen molar-refractivity contribution in [3.05, 3.63) is 23.4 Å². The summed E-state index contributed by atoms with van der Waals surface area (Å²) in [5, 5.41) is 3.03. The Morgan fingerprint density at radius 2 is 2.11 bits per heavy atom. The number of nitrogens with one attached hydrogen (secondary N) is 1. The molecule has 0 spiro atoms. The van der Waals surface area contributed by atoms with E-state index >= 15 is 0 Å². The van der Waals surface area contributed by atoms with Crippen LogP contribution in [0.15, 0.2) is 10.4 Å². The van der Waals surface area contributed by atoms with Crippen LogP contribution in [0.25, 0.3) is 0 Å². The minimum Gasteiger partial charge on any atom is -0.373 e. The molecule has 0 aliphatic heterocycles. The number of hydrogen-bond acceptors (Lipinski definition) is 7. The molecule has 0 saturated heterocycles. The van der Waals surface area contributed by atoms with Gasteiger partial charge in [-0.25, -0.2) is 15.0 Å². The summed E-state index contributed by atoms with van der Waals surface area (Å²) in [6.45, 7) is 4.02. The second kappa shape index (κ2) is 6.10. The van der Waals surface area contributed by atoms with Gasteiger partial charge >= 0.3 is 0 Å². The van der Waals surface area contributed by atoms with Crippen LogP contribution in [0.2, 0.25) is 0 Å². The first-order chi connectivity index (χ1) is 8.71. The monoisotopic (exact) mass is 281 g/mol. The highest BCUT2D eigenvalue weighted by atomic mass is 32.2. The fraction of sp³-hybridized carbons (Fsp3) is 0.455. The fourth-order valence-electron chi connectivity index (χ4n) is 1.39. The van der Waals surface area contributed by atoms with Crippen molar-refractivity contribution in [2.75, 3.05) is 12.4 Å². The minimum atomic E-state index is 0.717. The summed E-state index contributed by atoms with van der Waals surface area (Å²) in [6, 6.07) is 1.92. The summed E-state index contributed by atoms with van der Waals surface area (Å²) in [5.74, 6) is 3.29. The largest absolute Gasteiger partial charge is 0.373 e. The summed E-state index contributed by atoms with van der Waals surface area (Å²) in [7, 11) is 1.86. The van der Waals surface area contributed by atoms with Gasteiger partial charge in [0.15, 0.2) is 4.34 Å². The first-order valence-corrected chi connectivity index (χ1v) is 7.45. The molecule has 1 N–H and O–H groups in total. The van der Waals surface area contributed by atoms with Crippen LogP contribution >= 0.6 is 23.3 Å². The first-order valence-electron chi connectivity index (χ1n) is 5.69. The third kappa shape index (κ3) is 3.39. The van der Waals surface area contributed by atoms with E-state index in [0.29, 0.717) is 5.75 Å². The second-order valence-corrected chi connectivity index (χ2v) is 5.65. The van der Waals surface area contributed by atoms with Crippen LogP contribution in [0.4, 0.5) is 5.82 Å². The Morgan fingerprint density at radius 3 is 2.78 bits per heavy atom. The van der Waals surface area contributed by atoms with Crippen LogP contribution in [-0.4, -0.2) is 26.4 Å². The van der Waals surface area contributed by atoms with E-state index in [2.05, 4.69) is 31.6 Å². The molecular formula is C11H15N5S2. The third-order valence-electron chi connectivity index (χ3n) is 2.25. The average molecular weight is 281 g/mol. The number of aryl methyl sites for hydroxylation is 2. The van der Waals surface area contributed by atoms with Gasteiger partial charge in [0.1, 0.15) is 17.5 Å². The molecule has 2 rings (SSSR count). The summed E-state index contributed by atoms with van der Waals surface area (Å²) >= 11 is 3.07. The molecular weight excluding hydrogens is 266 g/mol. The van der Waals surface area contributed by atoms with E-state index in [1.807, 2.05) is 20.0 Å². The van der Waals surface area contributed by atoms with E-state index in [9.17, 15) is 0 Å². The zero-order valence-electron chi connectivity index (χ0n) is 10.6. The van der Waals surface area contributed by atoms with Gasteiger partial charge < -0.3 is 5.32 Å². The van der Waals surface area contributed by atoms with Gasteiger partial charge in [-0.3, -0.25) is 0 Å². The maximum absolute atomic E-state index is 4.41. The van der Waals surface area contributed by atoms with Gasteiger partial charge in [-0.05, 0) is 18.5 Å². The molecule has 2 heterocycles. The van der Waals surface area contributed by atoms with E-state index in [-0.39, 0.29) is 0 Å². The Labute approximate surface area is 115 Å². The second-order valence-electron chi connectivity index (χ2n) is 3.68. The summed E-state index contributed by atoms with van der Waals surface area (Å²) in [6.07, 6.45) is 0.877. The molecule has 96 valence electrons. The Hall–Kier alpha value is -1.21. The summed E-state index contributed by atoms with van der Waals surface area (Å²) in [5.41, 5.74) is 0.969. The molecule has 0 aromatic carbocycles. The van der Waals surface area contributed by atoms with E-state index < -0.39 is 0 Å². The lowest BCUT2D eigenvalue weighted by atomic mass is 10.4. The van der Waals surface area contributed by atoms with Gasteiger partial charge in [-0.1, -0.05) is 18.7 Å². The van der Waals surface area contributed by atoms with Crippen LogP contribution in [0, 0.1) is 6.92 Å². The number of aromatic nitrogens is 4. The van der Waals surface area contributed by atoms with Crippen LogP contribution in [-0.2, 0) is 12.2 Å². The van der Waals surface area contributed by atoms with E-state index in [1.54, 1.807) is 11.8 Å². The molecule has 2 aromatic heterocycles. The topological polar surface area (TPSA) is 63.6 Å². The highest BCUT2D eigenvalue weighted by molar-refractivity contribution is 8.00. The highest BCUT2D eigenvalue weighted by Crippen LogP contribution is 2.23. The Morgan fingerprint density at radius 1 is 1.28 bits per heavy atom. The van der Waals surface area contributed by atoms with Crippen molar-refractivity contribution in [1.29, 1.82) is 0 Å². The first kappa shape index (κ1) is 13.2. The van der Waals surface area contributed by atoms with Crippen molar-refractivity contribution in [3.8, 4) is 0 Å². The number of hydrogen-bond donors (Lipinski definition) is 1. The summed E-state index contributed by atoms with van der Waals surface area (Å²) < 4.78 is 5.23. The molecule has 0 unspecified atom stereocenters. The van der Waals surface area contributed by atoms with E-state index in [4.69, 9.17) is 0 Å². The zero-order chi connectivity index (χ0) is 13.0. The lowest BCUT2D eigenvalue weighted by Gasteiger charge is -2.03. The lowest BCUT2D eigenvalue weighted by molar-refractivity contribution is 0.967. The molecule has 18 heavy (non-hydrogen) atoms. The van der Waals surface area contributed by atoms with Gasteiger partial charge in [0.25, 0.3) is 0 Å². The van der Waals surface area contributed by atoms with Crippen molar-refractivity contribution in [3.63, 3.8) is 0 Å². The van der Waals surface area contributed by atoms with Gasteiger partial charge in [0.2, 0.25) is 0 Å². The summed E-state index contributed by atoms with van der Waals surface area (Å²) in [4.78, 5) is 13.2. The predicted molar refractivity (Wildman–Crippen MR) is 75.2 cm³/mol. The van der Waals surface area contributed by atoms with Crippen molar-refractivity contribution < 1.29 is 0 Å². The highest BCUT2D eigenvalue weighted by Gasteiger charge is 2.06. The molecule has 2 aromatic rings. The van der Waals surface area contributed by atoms with Gasteiger partial charge in [0.05, 0.1) is 5.75 Å². The number of thioether (sulfide) groups is 1. The van der Waals surface area contributed by atoms with E-state index in [1.165, 1.54) is 11.5 Å². The van der Waals surface area contributed by atoms with Crippen LogP contribution in [0.1, 0.15) is 24.3 Å². The van der Waals surface area contributed by atoms with Crippen molar-refractivity contribution in [2.45, 2.75) is 30.4 Å². The molecule has 0 aliphatic carbocycles. The standard InChI is InChI=1S/C11H15N5S2/c1-4-8-15-11(18-16-8)17-6-10-13-7(2)5-9(12-3)14-10/h5H,4,6H2,1-3H3,(H,12,13,14). The Bertz CT molecular complexity index is 526. The van der Waals surface area contributed by atoms with Crippen LogP contribution in [0.5, 0.6) is 0 Å². The van der Waals surface area contributed by atoms with Crippen LogP contribution < -0.4 is 5.32 Å². The third-order valence-corrected chi connectivity index (χ3v) is 4.11.